The number of anilines is 1. The van der Waals surface area contributed by atoms with Crippen LogP contribution in [0.3, 0.4) is 0 Å². The summed E-state index contributed by atoms with van der Waals surface area (Å²) in [7, 11) is 5.82. The van der Waals surface area contributed by atoms with Crippen molar-refractivity contribution in [2.45, 2.75) is 25.4 Å². The molecule has 182 valence electrons. The Hall–Kier alpha value is -2.14. The predicted octanol–water partition coefficient (Wildman–Crippen LogP) is 3.86. The van der Waals surface area contributed by atoms with Crippen LogP contribution in [-0.2, 0) is 6.54 Å². The van der Waals surface area contributed by atoms with Gasteiger partial charge in [0.2, 0.25) is 0 Å². The van der Waals surface area contributed by atoms with Crippen LogP contribution in [0, 0.1) is 11.6 Å². The topological polar surface area (TPSA) is 52.1 Å². The Labute approximate surface area is 212 Å². The predicted molar refractivity (Wildman–Crippen MR) is 141 cm³/mol. The van der Waals surface area contributed by atoms with E-state index in [1.54, 1.807) is 11.9 Å². The maximum atomic E-state index is 14.1. The van der Waals surface area contributed by atoms with Gasteiger partial charge in [-0.25, -0.2) is 8.78 Å². The number of nitrogens with one attached hydrogen (secondary N) is 2. The third kappa shape index (κ3) is 8.29. The Morgan fingerprint density at radius 3 is 2.48 bits per heavy atom. The van der Waals surface area contributed by atoms with Crippen LogP contribution in [0.1, 0.15) is 18.4 Å². The lowest BCUT2D eigenvalue weighted by Gasteiger charge is -2.21. The van der Waals surface area contributed by atoms with Gasteiger partial charge >= 0.3 is 0 Å². The lowest BCUT2D eigenvalue weighted by atomic mass is 10.2. The summed E-state index contributed by atoms with van der Waals surface area (Å²) in [6, 6.07) is 12.0. The summed E-state index contributed by atoms with van der Waals surface area (Å²) in [5.41, 5.74) is 1.15. The van der Waals surface area contributed by atoms with Gasteiger partial charge in [-0.2, -0.15) is 0 Å². The van der Waals surface area contributed by atoms with E-state index in [4.69, 9.17) is 4.74 Å². The second-order valence-electron chi connectivity index (χ2n) is 8.22. The molecule has 2 aromatic carbocycles. The third-order valence-corrected chi connectivity index (χ3v) is 5.41. The van der Waals surface area contributed by atoms with E-state index in [2.05, 4.69) is 34.6 Å². The van der Waals surface area contributed by atoms with Gasteiger partial charge in [0.15, 0.2) is 5.96 Å². The Kier molecular flexibility index (Phi) is 11.1. The summed E-state index contributed by atoms with van der Waals surface area (Å²) >= 11 is 0. The molecule has 0 radical (unpaired) electrons. The molecule has 0 aromatic heterocycles. The first-order chi connectivity index (χ1) is 15.5. The largest absolute Gasteiger partial charge is 0.494 e. The highest BCUT2D eigenvalue weighted by molar-refractivity contribution is 14.0. The molecule has 0 bridgehead atoms. The third-order valence-electron chi connectivity index (χ3n) is 5.41. The second kappa shape index (κ2) is 13.5. The van der Waals surface area contributed by atoms with Gasteiger partial charge in [0, 0.05) is 39.3 Å². The summed E-state index contributed by atoms with van der Waals surface area (Å²) in [6.45, 7) is 3.41. The number of nitrogens with zero attached hydrogens (tertiary/aromatic N) is 3. The van der Waals surface area contributed by atoms with E-state index >= 15 is 0 Å². The molecular formula is C24H34F2IN5O. The van der Waals surface area contributed by atoms with Crippen LogP contribution in [0.2, 0.25) is 0 Å². The lowest BCUT2D eigenvalue weighted by molar-refractivity contribution is 0.281. The van der Waals surface area contributed by atoms with Crippen LogP contribution >= 0.6 is 24.0 Å². The Bertz CT molecular complexity index is 875. The molecule has 0 saturated carbocycles. The number of para-hydroxylation sites is 1. The number of aliphatic imine (C=N–C) groups is 1. The van der Waals surface area contributed by atoms with E-state index in [1.165, 1.54) is 18.2 Å². The number of guanidine groups is 1. The number of benzene rings is 2. The fourth-order valence-corrected chi connectivity index (χ4v) is 3.72. The molecule has 1 fully saturated rings. The minimum atomic E-state index is -0.529. The van der Waals surface area contributed by atoms with Crippen LogP contribution in [0.15, 0.2) is 47.5 Å². The Balaban J connectivity index is 0.00000385. The maximum Gasteiger partial charge on any atom is 0.191 e. The van der Waals surface area contributed by atoms with Gasteiger partial charge in [-0.05, 0) is 56.8 Å². The number of halogens is 3. The number of rotatable bonds is 9. The molecule has 9 heteroatoms. The first-order valence-electron chi connectivity index (χ1n) is 11.0. The molecule has 33 heavy (non-hydrogen) atoms. The van der Waals surface area contributed by atoms with Crippen molar-refractivity contribution in [1.29, 1.82) is 0 Å². The zero-order valence-corrected chi connectivity index (χ0v) is 21.8. The maximum absolute atomic E-state index is 14.1. The monoisotopic (exact) mass is 573 g/mol. The molecule has 1 aliphatic rings. The summed E-state index contributed by atoms with van der Waals surface area (Å²) < 4.78 is 33.9. The average Bonchev–Trinajstić information content (AvgIpc) is 3.22. The molecule has 2 aromatic rings. The summed E-state index contributed by atoms with van der Waals surface area (Å²) in [4.78, 5) is 8.16. The first kappa shape index (κ1) is 27.1. The lowest BCUT2D eigenvalue weighted by Crippen LogP contribution is -2.44. The second-order valence-corrected chi connectivity index (χ2v) is 8.22. The zero-order chi connectivity index (χ0) is 22.9. The number of hydrogen-bond donors (Lipinski definition) is 2. The first-order valence-corrected chi connectivity index (χ1v) is 11.0. The van der Waals surface area contributed by atoms with E-state index in [9.17, 15) is 8.78 Å². The van der Waals surface area contributed by atoms with Gasteiger partial charge in [-0.1, -0.05) is 18.2 Å². The highest BCUT2D eigenvalue weighted by Gasteiger charge is 2.27. The molecule has 1 heterocycles. The molecular weight excluding hydrogens is 539 g/mol. The number of ether oxygens (including phenoxy) is 1. The molecule has 3 rings (SSSR count). The standard InChI is InChI=1S/C24H33F2N5O.HI/c1-27-24(28-16-18-8-10-20(11-9-18)32-15-5-13-30(2)3)29-19-12-14-31(17-19)23-21(25)6-4-7-22(23)26;/h4,6-11,19H,5,12-17H2,1-3H3,(H2,27,28,29);1H. The Morgan fingerprint density at radius 2 is 1.85 bits per heavy atom. The van der Waals surface area contributed by atoms with Crippen LogP contribution < -0.4 is 20.3 Å². The highest BCUT2D eigenvalue weighted by atomic mass is 127. The van der Waals surface area contributed by atoms with Gasteiger partial charge in [0.25, 0.3) is 0 Å². The molecule has 1 unspecified atom stereocenters. The quantitative estimate of drug-likeness (QED) is 0.207. The van der Waals surface area contributed by atoms with Crippen molar-refractivity contribution in [3.05, 3.63) is 59.7 Å². The average molecular weight is 573 g/mol. The SMILES string of the molecule is CN=C(NCc1ccc(OCCCN(C)C)cc1)NC1CCN(c2c(F)cccc2F)C1.I. The van der Waals surface area contributed by atoms with E-state index in [0.717, 1.165) is 30.7 Å². The molecule has 0 aliphatic carbocycles. The fraction of sp³-hybridized carbons (Fsp3) is 0.458. The van der Waals surface area contributed by atoms with Crippen molar-refractivity contribution in [2.24, 2.45) is 4.99 Å². The smallest absolute Gasteiger partial charge is 0.191 e. The van der Waals surface area contributed by atoms with Gasteiger partial charge in [-0.15, -0.1) is 24.0 Å². The molecule has 1 aliphatic heterocycles. The normalized spacial score (nSPS) is 16.0. The van der Waals surface area contributed by atoms with Crippen LogP contribution in [-0.4, -0.2) is 64.3 Å². The molecule has 0 spiro atoms. The molecule has 6 nitrogen and oxygen atoms in total. The van der Waals surface area contributed by atoms with Crippen LogP contribution in [0.5, 0.6) is 5.75 Å². The zero-order valence-electron chi connectivity index (χ0n) is 19.5. The van der Waals surface area contributed by atoms with E-state index < -0.39 is 11.6 Å². The number of hydrogen-bond acceptors (Lipinski definition) is 4. The minimum Gasteiger partial charge on any atom is -0.494 e. The van der Waals surface area contributed by atoms with Gasteiger partial charge in [0.1, 0.15) is 23.1 Å². The van der Waals surface area contributed by atoms with Crippen molar-refractivity contribution in [1.82, 2.24) is 15.5 Å². The minimum absolute atomic E-state index is 0. The summed E-state index contributed by atoms with van der Waals surface area (Å²) in [5, 5.41) is 6.65. The summed E-state index contributed by atoms with van der Waals surface area (Å²) in [5.74, 6) is 0.466. The summed E-state index contributed by atoms with van der Waals surface area (Å²) in [6.07, 6.45) is 1.76. The fourth-order valence-electron chi connectivity index (χ4n) is 3.72. The van der Waals surface area contributed by atoms with Gasteiger partial charge < -0.3 is 25.2 Å². The van der Waals surface area contributed by atoms with Gasteiger partial charge in [0.05, 0.1) is 6.61 Å². The van der Waals surface area contributed by atoms with Crippen LogP contribution in [0.25, 0.3) is 0 Å². The Morgan fingerprint density at radius 1 is 1.15 bits per heavy atom. The van der Waals surface area contributed by atoms with Gasteiger partial charge in [-0.3, -0.25) is 4.99 Å². The van der Waals surface area contributed by atoms with Crippen molar-refractivity contribution >= 4 is 35.6 Å². The van der Waals surface area contributed by atoms with Crippen molar-refractivity contribution < 1.29 is 13.5 Å². The molecule has 2 N–H and O–H groups in total. The molecule has 1 saturated heterocycles. The molecule has 0 amide bonds. The van der Waals surface area contributed by atoms with Crippen LogP contribution in [0.4, 0.5) is 14.5 Å². The van der Waals surface area contributed by atoms with E-state index in [-0.39, 0.29) is 35.7 Å². The van der Waals surface area contributed by atoms with Crippen molar-refractivity contribution in [3.63, 3.8) is 0 Å². The van der Waals surface area contributed by atoms with E-state index in [1.807, 2.05) is 24.3 Å². The van der Waals surface area contributed by atoms with E-state index in [0.29, 0.717) is 32.2 Å². The molecule has 1 atom stereocenters. The van der Waals surface area contributed by atoms with Crippen molar-refractivity contribution in [2.75, 3.05) is 52.3 Å². The highest BCUT2D eigenvalue weighted by Crippen LogP contribution is 2.26. The van der Waals surface area contributed by atoms with Crippen molar-refractivity contribution in [3.8, 4) is 5.75 Å².